The van der Waals surface area contributed by atoms with Gasteiger partial charge in [0.2, 0.25) is 10.0 Å². The van der Waals surface area contributed by atoms with Crippen molar-refractivity contribution in [3.8, 4) is 11.8 Å². The molecule has 0 spiro atoms. The molecule has 1 fully saturated rings. The summed E-state index contributed by atoms with van der Waals surface area (Å²) in [6.45, 7) is 0.438. The largest absolute Gasteiger partial charge is 0.406 e. The summed E-state index contributed by atoms with van der Waals surface area (Å²) in [7, 11) is -1.77. The van der Waals surface area contributed by atoms with E-state index in [9.17, 15) is 21.6 Å². The van der Waals surface area contributed by atoms with Crippen LogP contribution in [0.15, 0.2) is 53.4 Å². The molecule has 1 aromatic heterocycles. The summed E-state index contributed by atoms with van der Waals surface area (Å²) in [4.78, 5) is 2.27. The van der Waals surface area contributed by atoms with Gasteiger partial charge in [-0.3, -0.25) is 0 Å². The minimum atomic E-state index is -4.45. The van der Waals surface area contributed by atoms with E-state index in [1.54, 1.807) is 18.2 Å². The van der Waals surface area contributed by atoms with Crippen LogP contribution in [-0.4, -0.2) is 56.8 Å². The van der Waals surface area contributed by atoms with E-state index in [0.29, 0.717) is 16.6 Å². The normalized spacial score (nSPS) is 15.6. The Labute approximate surface area is 208 Å². The number of fused-ring (bicyclic) bond motifs is 1. The molecule has 1 aliphatic rings. The van der Waals surface area contributed by atoms with Crippen LogP contribution in [0.2, 0.25) is 0 Å². The molecule has 192 valence electrons. The lowest BCUT2D eigenvalue weighted by Gasteiger charge is -2.30. The fourth-order valence-electron chi connectivity index (χ4n) is 4.23. The number of alkyl halides is 3. The lowest BCUT2D eigenvalue weighted by molar-refractivity contribution is -0.140. The lowest BCUT2D eigenvalue weighted by Crippen LogP contribution is -2.36. The number of likely N-dealkylation sites (tertiary alicyclic amines) is 1. The number of hydrogen-bond donors (Lipinski definition) is 3. The quantitative estimate of drug-likeness (QED) is 0.342. The molecule has 11 heteroatoms. The summed E-state index contributed by atoms with van der Waals surface area (Å²) in [6, 6.07) is 12.7. The molecule has 0 amide bonds. The van der Waals surface area contributed by atoms with Gasteiger partial charge in [0.25, 0.3) is 0 Å². The molecule has 3 aromatic rings. The van der Waals surface area contributed by atoms with E-state index in [0.717, 1.165) is 36.2 Å². The highest BCUT2D eigenvalue weighted by molar-refractivity contribution is 7.89. The minimum absolute atomic E-state index is 0.0225. The highest BCUT2D eigenvalue weighted by atomic mass is 32.2. The van der Waals surface area contributed by atoms with Crippen LogP contribution in [0.25, 0.3) is 10.9 Å². The van der Waals surface area contributed by atoms with E-state index >= 15 is 0 Å². The van der Waals surface area contributed by atoms with Crippen LogP contribution in [0.4, 0.5) is 24.5 Å². The maximum Gasteiger partial charge on any atom is 0.406 e. The summed E-state index contributed by atoms with van der Waals surface area (Å²) in [5.74, 6) is 5.38. The van der Waals surface area contributed by atoms with Gasteiger partial charge in [0, 0.05) is 22.8 Å². The average molecular weight is 520 g/mol. The van der Waals surface area contributed by atoms with Crippen molar-refractivity contribution in [1.29, 1.82) is 0 Å². The summed E-state index contributed by atoms with van der Waals surface area (Å²) in [5.41, 5.74) is 7.35. The number of nitrogen functional groups attached to an aromatic ring is 1. The molecule has 0 aliphatic carbocycles. The summed E-state index contributed by atoms with van der Waals surface area (Å²) in [5, 5.41) is 4.13. The molecule has 2 aromatic carbocycles. The van der Waals surface area contributed by atoms with E-state index in [1.165, 1.54) is 24.3 Å². The summed E-state index contributed by atoms with van der Waals surface area (Å²) < 4.78 is 68.5. The van der Waals surface area contributed by atoms with Crippen molar-refractivity contribution >= 4 is 32.3 Å². The molecular formula is C25H28F3N5O2S. The van der Waals surface area contributed by atoms with Crippen molar-refractivity contribution in [2.24, 2.45) is 0 Å². The Balaban J connectivity index is 1.59. The average Bonchev–Trinajstić information content (AvgIpc) is 3.15. The number of benzene rings is 2. The number of aromatic nitrogens is 1. The van der Waals surface area contributed by atoms with Crippen molar-refractivity contribution in [2.75, 3.05) is 37.7 Å². The number of halogens is 3. The summed E-state index contributed by atoms with van der Waals surface area (Å²) >= 11 is 0. The zero-order valence-electron chi connectivity index (χ0n) is 19.8. The van der Waals surface area contributed by atoms with Crippen LogP contribution in [-0.2, 0) is 16.6 Å². The second-order valence-electron chi connectivity index (χ2n) is 8.89. The highest BCUT2D eigenvalue weighted by Gasteiger charge is 2.30. The van der Waals surface area contributed by atoms with Crippen molar-refractivity contribution in [3.63, 3.8) is 0 Å². The molecule has 1 aliphatic heterocycles. The molecule has 4 rings (SSSR count). The first-order chi connectivity index (χ1) is 17.0. The van der Waals surface area contributed by atoms with Gasteiger partial charge in [-0.25, -0.2) is 8.42 Å². The predicted octanol–water partition coefficient (Wildman–Crippen LogP) is 3.62. The third-order valence-electron chi connectivity index (χ3n) is 6.12. The van der Waals surface area contributed by atoms with Crippen LogP contribution >= 0.6 is 0 Å². The number of nitrogens with two attached hydrogens (primary N) is 1. The molecule has 2 heterocycles. The Morgan fingerprint density at radius 1 is 1.11 bits per heavy atom. The first-order valence-corrected chi connectivity index (χ1v) is 13.0. The number of sulfonamides is 1. The zero-order valence-corrected chi connectivity index (χ0v) is 20.6. The molecule has 1 saturated heterocycles. The topological polar surface area (TPSA) is 92.4 Å². The predicted molar refractivity (Wildman–Crippen MR) is 135 cm³/mol. The molecule has 36 heavy (non-hydrogen) atoms. The van der Waals surface area contributed by atoms with E-state index in [2.05, 4.69) is 33.8 Å². The SMILES string of the molecule is CN1CCC(Nc2cccc3c2cc(C#CCNS(=O)(=O)c2ccc(N)cc2)n3CC(F)(F)F)CC1. The monoisotopic (exact) mass is 519 g/mol. The van der Waals surface area contributed by atoms with Crippen LogP contribution in [0.1, 0.15) is 18.5 Å². The van der Waals surface area contributed by atoms with Gasteiger partial charge in [0.1, 0.15) is 6.54 Å². The van der Waals surface area contributed by atoms with E-state index in [-0.39, 0.29) is 23.2 Å². The fraction of sp³-hybridized carbons (Fsp3) is 0.360. The number of hydrogen-bond acceptors (Lipinski definition) is 5. The molecule has 0 atom stereocenters. The third kappa shape index (κ3) is 6.32. The second kappa shape index (κ2) is 10.4. The van der Waals surface area contributed by atoms with Gasteiger partial charge < -0.3 is 20.5 Å². The van der Waals surface area contributed by atoms with Crippen molar-refractivity contribution in [2.45, 2.75) is 36.5 Å². The van der Waals surface area contributed by atoms with Gasteiger partial charge in [-0.15, -0.1) is 0 Å². The first-order valence-electron chi connectivity index (χ1n) is 11.5. The van der Waals surface area contributed by atoms with E-state index in [1.807, 2.05) is 6.07 Å². The Kier molecular flexibility index (Phi) is 7.49. The van der Waals surface area contributed by atoms with Gasteiger partial charge in [-0.2, -0.15) is 17.9 Å². The molecule has 0 bridgehead atoms. The number of piperidine rings is 1. The molecule has 0 unspecified atom stereocenters. The fourth-order valence-corrected chi connectivity index (χ4v) is 5.16. The Hall–Kier alpha value is -3.20. The number of nitrogens with one attached hydrogen (secondary N) is 2. The maximum atomic E-state index is 13.4. The van der Waals surface area contributed by atoms with E-state index < -0.39 is 22.7 Å². The van der Waals surface area contributed by atoms with E-state index in [4.69, 9.17) is 5.73 Å². The molecule has 0 saturated carbocycles. The Bertz CT molecular complexity index is 1380. The van der Waals surface area contributed by atoms with Gasteiger partial charge in [-0.1, -0.05) is 12.0 Å². The zero-order chi connectivity index (χ0) is 25.9. The standard InChI is InChI=1S/C25H28F3N5O2S/c1-32-14-11-19(12-15-32)31-23-5-2-6-24-22(23)16-20(33(24)17-25(26,27)28)4-3-13-30-36(34,35)21-9-7-18(29)8-10-21/h2,5-10,16,19,30-31H,11-15,17,29H2,1H3. The van der Waals surface area contributed by atoms with Crippen LogP contribution in [0, 0.1) is 11.8 Å². The number of nitrogens with zero attached hydrogens (tertiary/aromatic N) is 2. The third-order valence-corrected chi connectivity index (χ3v) is 7.54. The smallest absolute Gasteiger partial charge is 0.399 e. The van der Waals surface area contributed by atoms with Gasteiger partial charge in [0.05, 0.1) is 22.7 Å². The van der Waals surface area contributed by atoms with Crippen molar-refractivity contribution in [3.05, 3.63) is 54.2 Å². The van der Waals surface area contributed by atoms with Gasteiger partial charge in [0.15, 0.2) is 0 Å². The Morgan fingerprint density at radius 2 is 1.81 bits per heavy atom. The molecular weight excluding hydrogens is 491 g/mol. The van der Waals surface area contributed by atoms with Gasteiger partial charge >= 0.3 is 6.18 Å². The number of anilines is 2. The van der Waals surface area contributed by atoms with Crippen LogP contribution < -0.4 is 15.8 Å². The summed E-state index contributed by atoms with van der Waals surface area (Å²) in [6.07, 6.45) is -2.57. The minimum Gasteiger partial charge on any atom is -0.399 e. The van der Waals surface area contributed by atoms with Gasteiger partial charge in [-0.05, 0) is 81.4 Å². The molecule has 4 N–H and O–H groups in total. The first kappa shape index (κ1) is 25.9. The maximum absolute atomic E-state index is 13.4. The number of rotatable bonds is 6. The van der Waals surface area contributed by atoms with Crippen molar-refractivity contribution in [1.82, 2.24) is 14.2 Å². The van der Waals surface area contributed by atoms with Crippen molar-refractivity contribution < 1.29 is 21.6 Å². The lowest BCUT2D eigenvalue weighted by atomic mass is 10.0. The Morgan fingerprint density at radius 3 is 2.47 bits per heavy atom. The molecule has 0 radical (unpaired) electrons. The highest BCUT2D eigenvalue weighted by Crippen LogP contribution is 2.31. The molecule has 7 nitrogen and oxygen atoms in total. The van der Waals surface area contributed by atoms with Crippen LogP contribution in [0.5, 0.6) is 0 Å². The van der Waals surface area contributed by atoms with Crippen LogP contribution in [0.3, 0.4) is 0 Å². The second-order valence-corrected chi connectivity index (χ2v) is 10.7.